The van der Waals surface area contributed by atoms with Crippen LogP contribution in [0.5, 0.6) is 11.5 Å². The zero-order chi connectivity index (χ0) is 30.7. The maximum Gasteiger partial charge on any atom is 0.335 e. The molecular formula is C34H46O8. The second kappa shape index (κ2) is 19.5. The normalized spacial score (nSPS) is 10.7. The Morgan fingerprint density at radius 1 is 0.643 bits per heavy atom. The van der Waals surface area contributed by atoms with Crippen LogP contribution in [0.15, 0.2) is 60.7 Å². The number of hydrogen-bond acceptors (Lipinski definition) is 8. The van der Waals surface area contributed by atoms with Crippen molar-refractivity contribution in [2.24, 2.45) is 0 Å². The van der Waals surface area contributed by atoms with Crippen LogP contribution in [0.2, 0.25) is 0 Å². The second-order valence-corrected chi connectivity index (χ2v) is 10.0. The monoisotopic (exact) mass is 582 g/mol. The van der Waals surface area contributed by atoms with E-state index in [1.165, 1.54) is 11.1 Å². The fourth-order valence-corrected chi connectivity index (χ4v) is 4.31. The van der Waals surface area contributed by atoms with E-state index in [1.54, 1.807) is 0 Å². The maximum atomic E-state index is 11.7. The highest BCUT2D eigenvalue weighted by Gasteiger charge is 2.14. The van der Waals surface area contributed by atoms with Gasteiger partial charge in [-0.05, 0) is 72.2 Å². The average Bonchev–Trinajstić information content (AvgIpc) is 3.01. The van der Waals surface area contributed by atoms with Crippen LogP contribution >= 0.6 is 0 Å². The highest BCUT2D eigenvalue weighted by atomic mass is 16.6. The Kier molecular flexibility index (Phi) is 16.0. The molecule has 2 N–H and O–H groups in total. The third-order valence-electron chi connectivity index (χ3n) is 6.67. The van der Waals surface area contributed by atoms with Gasteiger partial charge in [0.1, 0.15) is 37.9 Å². The van der Waals surface area contributed by atoms with E-state index < -0.39 is 25.2 Å². The Labute approximate surface area is 250 Å². The lowest BCUT2D eigenvalue weighted by molar-refractivity contribution is -0.141. The molecule has 0 aliphatic carbocycles. The van der Waals surface area contributed by atoms with Crippen LogP contribution in [0.1, 0.15) is 63.5 Å². The molecule has 230 valence electrons. The number of aliphatic hydroxyl groups excluding tert-OH is 2. The van der Waals surface area contributed by atoms with Gasteiger partial charge in [-0.15, -0.1) is 0 Å². The van der Waals surface area contributed by atoms with E-state index in [-0.39, 0.29) is 37.6 Å². The molecule has 0 aromatic heterocycles. The van der Waals surface area contributed by atoms with Gasteiger partial charge in [-0.1, -0.05) is 64.8 Å². The summed E-state index contributed by atoms with van der Waals surface area (Å²) in [7, 11) is 0. The minimum Gasteiger partial charge on any atom is -0.490 e. The fourth-order valence-electron chi connectivity index (χ4n) is 4.31. The molecule has 42 heavy (non-hydrogen) atoms. The summed E-state index contributed by atoms with van der Waals surface area (Å²) < 4.78 is 21.9. The van der Waals surface area contributed by atoms with E-state index in [9.17, 15) is 9.59 Å². The number of rotatable bonds is 21. The van der Waals surface area contributed by atoms with Crippen molar-refractivity contribution < 1.29 is 38.7 Å². The van der Waals surface area contributed by atoms with Gasteiger partial charge in [-0.25, -0.2) is 9.59 Å². The third kappa shape index (κ3) is 11.7. The standard InChI is InChI=1S/C34H46O8/c1-5-7-9-11-27-21-29(39-17-19-41-33(37)25(3)23-35)13-15-31(27)32-16-14-30(22-28(32)12-10-8-6-2)40-18-20-42-34(38)26(4)24-36/h13-16,21-22,35-36H,3-12,17-20,23-24H2,1-2H3. The van der Waals surface area contributed by atoms with Crippen LogP contribution in [0, 0.1) is 0 Å². The minimum absolute atomic E-state index is 0.0106. The molecule has 8 nitrogen and oxygen atoms in total. The summed E-state index contributed by atoms with van der Waals surface area (Å²) >= 11 is 0. The number of aryl methyl sites for hydroxylation is 2. The predicted molar refractivity (Wildman–Crippen MR) is 164 cm³/mol. The quantitative estimate of drug-likeness (QED) is 0.109. The first-order valence-electron chi connectivity index (χ1n) is 14.8. The van der Waals surface area contributed by atoms with Gasteiger partial charge in [0.05, 0.1) is 24.4 Å². The second-order valence-electron chi connectivity index (χ2n) is 10.0. The van der Waals surface area contributed by atoms with Crippen LogP contribution in [0.3, 0.4) is 0 Å². The van der Waals surface area contributed by atoms with Crippen molar-refractivity contribution in [2.75, 3.05) is 39.6 Å². The number of carbonyl (C=O) groups is 2. The predicted octanol–water partition coefficient (Wildman–Crippen LogP) is 5.76. The van der Waals surface area contributed by atoms with Gasteiger partial charge in [0.2, 0.25) is 0 Å². The number of esters is 2. The third-order valence-corrected chi connectivity index (χ3v) is 6.67. The maximum absolute atomic E-state index is 11.7. The summed E-state index contributed by atoms with van der Waals surface area (Å²) in [6.45, 7) is 10.9. The molecule has 0 bridgehead atoms. The van der Waals surface area contributed by atoms with Gasteiger partial charge >= 0.3 is 11.9 Å². The fraction of sp³-hybridized carbons (Fsp3) is 0.471. The van der Waals surface area contributed by atoms with Crippen molar-refractivity contribution >= 4 is 11.9 Å². The largest absolute Gasteiger partial charge is 0.490 e. The van der Waals surface area contributed by atoms with Gasteiger partial charge in [-0.2, -0.15) is 0 Å². The zero-order valence-electron chi connectivity index (χ0n) is 25.1. The number of unbranched alkanes of at least 4 members (excludes halogenated alkanes) is 4. The first kappa shape index (κ1) is 34.6. The lowest BCUT2D eigenvalue weighted by atomic mass is 9.90. The van der Waals surface area contributed by atoms with Crippen molar-refractivity contribution in [3.05, 3.63) is 71.8 Å². The Hall–Kier alpha value is -3.62. The minimum atomic E-state index is -0.631. The van der Waals surface area contributed by atoms with Crippen molar-refractivity contribution in [3.63, 3.8) is 0 Å². The molecule has 2 aromatic rings. The molecule has 2 rings (SSSR count). The zero-order valence-corrected chi connectivity index (χ0v) is 25.1. The molecule has 0 unspecified atom stereocenters. The highest BCUT2D eigenvalue weighted by molar-refractivity contribution is 5.88. The van der Waals surface area contributed by atoms with Gasteiger partial charge in [-0.3, -0.25) is 0 Å². The molecule has 0 aliphatic rings. The molecule has 0 saturated heterocycles. The first-order chi connectivity index (χ1) is 20.3. The van der Waals surface area contributed by atoms with Gasteiger partial charge in [0.15, 0.2) is 0 Å². The van der Waals surface area contributed by atoms with E-state index >= 15 is 0 Å². The Morgan fingerprint density at radius 2 is 1.05 bits per heavy atom. The Balaban J connectivity index is 2.22. The number of aliphatic hydroxyl groups is 2. The Morgan fingerprint density at radius 3 is 1.40 bits per heavy atom. The molecule has 0 radical (unpaired) electrons. The van der Waals surface area contributed by atoms with E-state index in [1.807, 2.05) is 12.1 Å². The van der Waals surface area contributed by atoms with E-state index in [0.717, 1.165) is 62.5 Å². The van der Waals surface area contributed by atoms with Gasteiger partial charge in [0, 0.05) is 0 Å². The molecule has 0 atom stereocenters. The van der Waals surface area contributed by atoms with E-state index in [0.29, 0.717) is 11.5 Å². The molecule has 0 fully saturated rings. The Bertz CT molecular complexity index is 1080. The first-order valence-corrected chi connectivity index (χ1v) is 14.8. The van der Waals surface area contributed by atoms with Crippen molar-refractivity contribution in [1.82, 2.24) is 0 Å². The van der Waals surface area contributed by atoms with Crippen molar-refractivity contribution in [2.45, 2.75) is 65.2 Å². The van der Waals surface area contributed by atoms with Crippen LogP contribution in [0.25, 0.3) is 11.1 Å². The molecule has 0 saturated carbocycles. The number of benzene rings is 2. The lowest BCUT2D eigenvalue weighted by Crippen LogP contribution is -2.15. The van der Waals surface area contributed by atoms with Crippen LogP contribution < -0.4 is 9.47 Å². The van der Waals surface area contributed by atoms with Gasteiger partial charge in [0.25, 0.3) is 0 Å². The molecule has 0 aliphatic heterocycles. The number of ether oxygens (including phenoxy) is 4. The molecule has 0 spiro atoms. The SMILES string of the molecule is C=C(CO)C(=O)OCCOc1ccc(-c2ccc(OCCOC(=O)C(=C)CO)cc2CCCCC)c(CCCCC)c1. The summed E-state index contributed by atoms with van der Waals surface area (Å²) in [5, 5.41) is 18.0. The van der Waals surface area contributed by atoms with Crippen molar-refractivity contribution in [1.29, 1.82) is 0 Å². The van der Waals surface area contributed by atoms with Crippen molar-refractivity contribution in [3.8, 4) is 22.6 Å². The topological polar surface area (TPSA) is 112 Å². The van der Waals surface area contributed by atoms with Gasteiger partial charge < -0.3 is 29.2 Å². The molecular weight excluding hydrogens is 536 g/mol. The van der Waals surface area contributed by atoms with E-state index in [4.69, 9.17) is 29.2 Å². The van der Waals surface area contributed by atoms with Crippen LogP contribution in [-0.4, -0.2) is 61.8 Å². The lowest BCUT2D eigenvalue weighted by Gasteiger charge is -2.18. The molecule has 8 heteroatoms. The summed E-state index contributed by atoms with van der Waals surface area (Å²) in [6.07, 6.45) is 8.42. The smallest absolute Gasteiger partial charge is 0.335 e. The number of hydrogen-bond donors (Lipinski definition) is 2. The highest BCUT2D eigenvalue weighted by Crippen LogP contribution is 2.34. The summed E-state index contributed by atoms with van der Waals surface area (Å²) in [4.78, 5) is 23.4. The van der Waals surface area contributed by atoms with E-state index in [2.05, 4.69) is 51.3 Å². The summed E-state index contributed by atoms with van der Waals surface area (Å²) in [6, 6.07) is 12.2. The number of carbonyl (C=O) groups excluding carboxylic acids is 2. The average molecular weight is 583 g/mol. The van der Waals surface area contributed by atoms with Crippen LogP contribution in [-0.2, 0) is 31.9 Å². The summed E-state index contributed by atoms with van der Waals surface area (Å²) in [5.41, 5.74) is 4.70. The van der Waals surface area contributed by atoms with Crippen LogP contribution in [0.4, 0.5) is 0 Å². The molecule has 0 amide bonds. The summed E-state index contributed by atoms with van der Waals surface area (Å²) in [5.74, 6) is 0.142. The molecule has 2 aromatic carbocycles. The molecule has 0 heterocycles.